The van der Waals surface area contributed by atoms with Crippen molar-refractivity contribution in [2.24, 2.45) is 0 Å². The van der Waals surface area contributed by atoms with E-state index in [9.17, 15) is 14.7 Å². The van der Waals surface area contributed by atoms with Gasteiger partial charge in [-0.1, -0.05) is 12.1 Å². The number of aliphatic hydroxyl groups is 1. The number of nitrogens with zero attached hydrogens (tertiary/aromatic N) is 2. The molecule has 32 heavy (non-hydrogen) atoms. The number of aliphatic hydroxyl groups excluding tert-OH is 1. The zero-order valence-electron chi connectivity index (χ0n) is 18.4. The van der Waals surface area contributed by atoms with Gasteiger partial charge in [-0.2, -0.15) is 0 Å². The molecule has 1 amide bonds. The third-order valence-corrected chi connectivity index (χ3v) is 5.78. The molecule has 2 aromatic rings. The van der Waals surface area contributed by atoms with Gasteiger partial charge in [-0.3, -0.25) is 14.5 Å². The summed E-state index contributed by atoms with van der Waals surface area (Å²) in [4.78, 5) is 30.1. The van der Waals surface area contributed by atoms with Crippen molar-refractivity contribution in [1.82, 2.24) is 9.80 Å². The third kappa shape index (κ3) is 4.42. The number of morpholine rings is 1. The predicted octanol–water partition coefficient (Wildman–Crippen LogP) is 2.90. The summed E-state index contributed by atoms with van der Waals surface area (Å²) in [6, 6.07) is 9.79. The second kappa shape index (κ2) is 9.58. The van der Waals surface area contributed by atoms with Crippen molar-refractivity contribution in [3.63, 3.8) is 0 Å². The molecule has 0 unspecified atom stereocenters. The van der Waals surface area contributed by atoms with Gasteiger partial charge in [-0.25, -0.2) is 0 Å². The van der Waals surface area contributed by atoms with E-state index in [1.54, 1.807) is 36.1 Å². The lowest BCUT2D eigenvalue weighted by Gasteiger charge is -2.31. The fourth-order valence-corrected chi connectivity index (χ4v) is 4.14. The molecule has 170 valence electrons. The smallest absolute Gasteiger partial charge is 0.290 e. The standard InChI is InChI=1S/C24H28N2O6/c1-3-31-18-7-5-17(6-8-18)21-20(22(27)19-9-4-16(2)32-19)23(28)24(29)26(21)11-10-25-12-14-30-15-13-25/h4-9,21,28H,3,10-15H2,1-2H3/t21-/m0/s1. The molecule has 1 N–H and O–H groups in total. The van der Waals surface area contributed by atoms with Crippen LogP contribution in [0.5, 0.6) is 5.75 Å². The van der Waals surface area contributed by atoms with Crippen molar-refractivity contribution in [3.8, 4) is 5.75 Å². The Hall–Kier alpha value is -3.10. The van der Waals surface area contributed by atoms with E-state index >= 15 is 0 Å². The normalized spacial score (nSPS) is 19.6. The second-order valence-electron chi connectivity index (χ2n) is 7.86. The minimum Gasteiger partial charge on any atom is -0.503 e. The van der Waals surface area contributed by atoms with Crippen LogP contribution in [-0.4, -0.2) is 72.6 Å². The lowest BCUT2D eigenvalue weighted by molar-refractivity contribution is -0.129. The molecule has 8 heteroatoms. The molecular formula is C24H28N2O6. The number of benzene rings is 1. The predicted molar refractivity (Wildman–Crippen MR) is 117 cm³/mol. The maximum Gasteiger partial charge on any atom is 0.290 e. The molecule has 1 atom stereocenters. The molecule has 0 aliphatic carbocycles. The average molecular weight is 440 g/mol. The van der Waals surface area contributed by atoms with Gasteiger partial charge >= 0.3 is 0 Å². The highest BCUT2D eigenvalue weighted by Crippen LogP contribution is 2.39. The minimum atomic E-state index is -0.711. The molecule has 0 spiro atoms. The number of carbonyl (C=O) groups excluding carboxylic acids is 2. The van der Waals surface area contributed by atoms with Crippen molar-refractivity contribution < 1.29 is 28.6 Å². The largest absolute Gasteiger partial charge is 0.503 e. The zero-order valence-corrected chi connectivity index (χ0v) is 18.4. The lowest BCUT2D eigenvalue weighted by Crippen LogP contribution is -2.43. The number of Topliss-reactive ketones (excluding diaryl/α,β-unsaturated/α-hetero) is 1. The summed E-state index contributed by atoms with van der Waals surface area (Å²) < 4.78 is 16.4. The molecule has 4 rings (SSSR count). The van der Waals surface area contributed by atoms with E-state index < -0.39 is 23.5 Å². The number of ketones is 1. The highest BCUT2D eigenvalue weighted by molar-refractivity contribution is 6.15. The monoisotopic (exact) mass is 440 g/mol. The van der Waals surface area contributed by atoms with Crippen LogP contribution in [0.25, 0.3) is 0 Å². The van der Waals surface area contributed by atoms with Gasteiger partial charge in [0.1, 0.15) is 11.5 Å². The molecule has 0 saturated carbocycles. The van der Waals surface area contributed by atoms with Gasteiger partial charge in [0, 0.05) is 26.2 Å². The first-order chi connectivity index (χ1) is 15.5. The summed E-state index contributed by atoms with van der Waals surface area (Å²) in [7, 11) is 0. The summed E-state index contributed by atoms with van der Waals surface area (Å²) in [5.41, 5.74) is 0.759. The van der Waals surface area contributed by atoms with Crippen LogP contribution in [0.4, 0.5) is 0 Å². The Morgan fingerprint density at radius 3 is 2.47 bits per heavy atom. The first kappa shape index (κ1) is 22.1. The Morgan fingerprint density at radius 2 is 1.84 bits per heavy atom. The first-order valence-electron chi connectivity index (χ1n) is 10.9. The molecule has 1 aromatic carbocycles. The van der Waals surface area contributed by atoms with Gasteiger partial charge in [0.05, 0.1) is 31.4 Å². The van der Waals surface area contributed by atoms with Crippen molar-refractivity contribution >= 4 is 11.7 Å². The number of amides is 1. The molecule has 1 aromatic heterocycles. The SMILES string of the molecule is CCOc1ccc([C@H]2C(C(=O)c3ccc(C)o3)=C(O)C(=O)N2CCN2CCOCC2)cc1. The minimum absolute atomic E-state index is 0.0375. The summed E-state index contributed by atoms with van der Waals surface area (Å²) in [5.74, 6) is -0.184. The molecule has 0 bridgehead atoms. The van der Waals surface area contributed by atoms with E-state index in [0.717, 1.165) is 18.7 Å². The number of furan rings is 1. The number of carbonyl (C=O) groups is 2. The van der Waals surface area contributed by atoms with Crippen LogP contribution in [0.15, 0.2) is 52.1 Å². The van der Waals surface area contributed by atoms with Gasteiger partial charge in [0.2, 0.25) is 5.78 Å². The van der Waals surface area contributed by atoms with Crippen molar-refractivity contribution in [2.75, 3.05) is 46.0 Å². The van der Waals surface area contributed by atoms with Crippen LogP contribution in [-0.2, 0) is 9.53 Å². The Bertz CT molecular complexity index is 1000. The fraction of sp³-hybridized carbons (Fsp3) is 0.417. The van der Waals surface area contributed by atoms with Crippen molar-refractivity contribution in [3.05, 3.63) is 64.8 Å². The first-order valence-corrected chi connectivity index (χ1v) is 10.9. The van der Waals surface area contributed by atoms with Crippen molar-refractivity contribution in [1.29, 1.82) is 0 Å². The van der Waals surface area contributed by atoms with Gasteiger partial charge in [-0.05, 0) is 43.7 Å². The molecular weight excluding hydrogens is 412 g/mol. The fourth-order valence-electron chi connectivity index (χ4n) is 4.14. The van der Waals surface area contributed by atoms with Crippen LogP contribution in [0.1, 0.15) is 34.8 Å². The number of hydrogen-bond donors (Lipinski definition) is 1. The number of ether oxygens (including phenoxy) is 2. The molecule has 1 saturated heterocycles. The Labute approximate surface area is 187 Å². The lowest BCUT2D eigenvalue weighted by atomic mass is 9.95. The third-order valence-electron chi connectivity index (χ3n) is 5.78. The van der Waals surface area contributed by atoms with Crippen LogP contribution in [0, 0.1) is 6.92 Å². The van der Waals surface area contributed by atoms with Crippen LogP contribution in [0.3, 0.4) is 0 Å². The van der Waals surface area contributed by atoms with E-state index in [2.05, 4.69) is 4.90 Å². The number of aryl methyl sites for hydroxylation is 1. The Morgan fingerprint density at radius 1 is 1.12 bits per heavy atom. The van der Waals surface area contributed by atoms with Gasteiger partial charge < -0.3 is 23.9 Å². The number of rotatable bonds is 8. The van der Waals surface area contributed by atoms with E-state index in [4.69, 9.17) is 13.9 Å². The summed E-state index contributed by atoms with van der Waals surface area (Å²) in [6.45, 7) is 8.05. The highest BCUT2D eigenvalue weighted by atomic mass is 16.5. The highest BCUT2D eigenvalue weighted by Gasteiger charge is 2.44. The molecule has 0 radical (unpaired) electrons. The summed E-state index contributed by atoms with van der Waals surface area (Å²) >= 11 is 0. The van der Waals surface area contributed by atoms with E-state index in [-0.39, 0.29) is 11.3 Å². The van der Waals surface area contributed by atoms with Crippen LogP contribution in [0.2, 0.25) is 0 Å². The van der Waals surface area contributed by atoms with Crippen LogP contribution >= 0.6 is 0 Å². The number of hydrogen-bond acceptors (Lipinski definition) is 7. The van der Waals surface area contributed by atoms with Crippen molar-refractivity contribution in [2.45, 2.75) is 19.9 Å². The Kier molecular flexibility index (Phi) is 6.62. The molecule has 3 heterocycles. The molecule has 2 aliphatic rings. The van der Waals surface area contributed by atoms with Gasteiger partial charge in [-0.15, -0.1) is 0 Å². The summed E-state index contributed by atoms with van der Waals surface area (Å²) in [6.07, 6.45) is 0. The van der Waals surface area contributed by atoms with Crippen LogP contribution < -0.4 is 4.74 Å². The Balaban J connectivity index is 1.66. The maximum absolute atomic E-state index is 13.3. The summed E-state index contributed by atoms with van der Waals surface area (Å²) in [5, 5.41) is 10.7. The molecule has 8 nitrogen and oxygen atoms in total. The quantitative estimate of drug-likeness (QED) is 0.631. The van der Waals surface area contributed by atoms with Gasteiger partial charge in [0.25, 0.3) is 5.91 Å². The van der Waals surface area contributed by atoms with E-state index in [1.165, 1.54) is 0 Å². The van der Waals surface area contributed by atoms with E-state index in [0.29, 0.717) is 44.4 Å². The average Bonchev–Trinajstić information content (AvgIpc) is 3.35. The topological polar surface area (TPSA) is 92.5 Å². The molecule has 1 fully saturated rings. The maximum atomic E-state index is 13.3. The molecule has 2 aliphatic heterocycles. The second-order valence-corrected chi connectivity index (χ2v) is 7.86. The van der Waals surface area contributed by atoms with E-state index in [1.807, 2.05) is 19.1 Å². The van der Waals surface area contributed by atoms with Gasteiger partial charge in [0.15, 0.2) is 11.5 Å². The zero-order chi connectivity index (χ0) is 22.7.